The van der Waals surface area contributed by atoms with E-state index in [1.807, 2.05) is 36.4 Å². The van der Waals surface area contributed by atoms with Crippen molar-refractivity contribution in [2.75, 3.05) is 0 Å². The number of benzene rings is 1. The molecule has 3 aromatic rings. The van der Waals surface area contributed by atoms with Crippen LogP contribution in [-0.2, 0) is 6.54 Å². The van der Waals surface area contributed by atoms with E-state index in [2.05, 4.69) is 21.2 Å². The van der Waals surface area contributed by atoms with E-state index in [1.165, 1.54) is 11.3 Å². The molecule has 0 radical (unpaired) electrons. The normalized spacial score (nSPS) is 10.9. The number of amides is 1. The minimum Gasteiger partial charge on any atom is -0.346 e. The quantitative estimate of drug-likeness (QED) is 0.649. The maximum absolute atomic E-state index is 12.2. The molecule has 1 aromatic carbocycles. The first-order valence-corrected chi connectivity index (χ1v) is 8.65. The Morgan fingerprint density at radius 2 is 2.00 bits per heavy atom. The summed E-state index contributed by atoms with van der Waals surface area (Å²) in [5.41, 5.74) is 0. The number of carbonyl (C=O) groups is 1. The highest BCUT2D eigenvalue weighted by molar-refractivity contribution is 9.11. The molecule has 0 atom stereocenters. The summed E-state index contributed by atoms with van der Waals surface area (Å²) < 4.78 is 2.09. The first kappa shape index (κ1) is 14.1. The van der Waals surface area contributed by atoms with Crippen molar-refractivity contribution in [2.24, 2.45) is 0 Å². The Morgan fingerprint density at radius 3 is 2.70 bits per heavy atom. The zero-order chi connectivity index (χ0) is 14.1. The summed E-state index contributed by atoms with van der Waals surface area (Å²) in [7, 11) is 0. The van der Waals surface area contributed by atoms with Gasteiger partial charge in [0.1, 0.15) is 4.88 Å². The standard InChI is InChI=1S/C14H9BrClNOS2/c15-11-6-5-8(19-11)7-17-14(18)13-12(16)9-3-1-2-4-10(9)20-13/h1-6H,7H2,(H,17,18). The van der Waals surface area contributed by atoms with Crippen LogP contribution in [0, 0.1) is 0 Å². The number of carbonyl (C=O) groups excluding carboxylic acids is 1. The van der Waals surface area contributed by atoms with Crippen LogP contribution in [0.15, 0.2) is 40.2 Å². The van der Waals surface area contributed by atoms with E-state index in [4.69, 9.17) is 11.6 Å². The molecule has 0 aliphatic heterocycles. The molecule has 6 heteroatoms. The number of hydrogen-bond donors (Lipinski definition) is 1. The van der Waals surface area contributed by atoms with Crippen molar-refractivity contribution < 1.29 is 4.79 Å². The number of rotatable bonds is 3. The average molecular weight is 387 g/mol. The van der Waals surface area contributed by atoms with E-state index in [9.17, 15) is 4.79 Å². The van der Waals surface area contributed by atoms with E-state index < -0.39 is 0 Å². The van der Waals surface area contributed by atoms with Gasteiger partial charge in [0, 0.05) is 15.0 Å². The molecule has 2 heterocycles. The second kappa shape index (κ2) is 5.85. The molecule has 0 spiro atoms. The fourth-order valence-corrected chi connectivity index (χ4v) is 4.71. The zero-order valence-electron chi connectivity index (χ0n) is 10.2. The number of hydrogen-bond acceptors (Lipinski definition) is 3. The second-order valence-corrected chi connectivity index (χ2v) is 8.11. The molecule has 2 aromatic heterocycles. The third kappa shape index (κ3) is 2.76. The van der Waals surface area contributed by atoms with E-state index in [0.29, 0.717) is 16.4 Å². The lowest BCUT2D eigenvalue weighted by Crippen LogP contribution is -2.21. The molecule has 3 rings (SSSR count). The lowest BCUT2D eigenvalue weighted by Gasteiger charge is -2.01. The number of nitrogens with one attached hydrogen (secondary N) is 1. The van der Waals surface area contributed by atoms with Gasteiger partial charge in [0.05, 0.1) is 15.4 Å². The molecule has 0 aliphatic carbocycles. The van der Waals surface area contributed by atoms with Gasteiger partial charge in [-0.25, -0.2) is 0 Å². The van der Waals surface area contributed by atoms with Crippen molar-refractivity contribution in [1.82, 2.24) is 5.32 Å². The van der Waals surface area contributed by atoms with Crippen molar-refractivity contribution in [2.45, 2.75) is 6.54 Å². The van der Waals surface area contributed by atoms with Gasteiger partial charge in [-0.3, -0.25) is 4.79 Å². The van der Waals surface area contributed by atoms with Crippen molar-refractivity contribution >= 4 is 66.2 Å². The van der Waals surface area contributed by atoms with Crippen LogP contribution >= 0.6 is 50.2 Å². The Bertz CT molecular complexity index is 780. The van der Waals surface area contributed by atoms with Gasteiger partial charge in [0.25, 0.3) is 5.91 Å². The van der Waals surface area contributed by atoms with E-state index in [-0.39, 0.29) is 5.91 Å². The SMILES string of the molecule is O=C(NCc1ccc(Br)s1)c1sc2ccccc2c1Cl. The van der Waals surface area contributed by atoms with Gasteiger partial charge in [0.15, 0.2) is 0 Å². The molecular formula is C14H9BrClNOS2. The molecule has 2 nitrogen and oxygen atoms in total. The lowest BCUT2D eigenvalue weighted by atomic mass is 10.2. The summed E-state index contributed by atoms with van der Waals surface area (Å²) in [6, 6.07) is 11.7. The summed E-state index contributed by atoms with van der Waals surface area (Å²) in [4.78, 5) is 13.9. The van der Waals surface area contributed by atoms with Gasteiger partial charge >= 0.3 is 0 Å². The van der Waals surface area contributed by atoms with Gasteiger partial charge in [-0.05, 0) is 34.1 Å². The Hall–Kier alpha value is -0.880. The molecule has 20 heavy (non-hydrogen) atoms. The first-order valence-electron chi connectivity index (χ1n) is 5.84. The molecule has 102 valence electrons. The minimum atomic E-state index is -0.124. The summed E-state index contributed by atoms with van der Waals surface area (Å²) >= 11 is 12.7. The van der Waals surface area contributed by atoms with Gasteiger partial charge in [-0.2, -0.15) is 0 Å². The lowest BCUT2D eigenvalue weighted by molar-refractivity contribution is 0.0955. The third-order valence-corrected chi connectivity index (χ3v) is 6.09. The minimum absolute atomic E-state index is 0.124. The van der Waals surface area contributed by atoms with Crippen LogP contribution in [0.5, 0.6) is 0 Å². The van der Waals surface area contributed by atoms with Crippen LogP contribution in [0.25, 0.3) is 10.1 Å². The molecule has 1 N–H and O–H groups in total. The van der Waals surface area contributed by atoms with Crippen molar-refractivity contribution in [1.29, 1.82) is 0 Å². The van der Waals surface area contributed by atoms with E-state index in [1.54, 1.807) is 11.3 Å². The summed E-state index contributed by atoms with van der Waals surface area (Å²) in [5, 5.41) is 4.38. The van der Waals surface area contributed by atoms with Gasteiger partial charge in [-0.15, -0.1) is 22.7 Å². The number of thiophene rings is 2. The Kier molecular flexibility index (Phi) is 4.12. The maximum atomic E-state index is 12.2. The zero-order valence-corrected chi connectivity index (χ0v) is 14.1. The molecule has 1 amide bonds. The highest BCUT2D eigenvalue weighted by atomic mass is 79.9. The highest BCUT2D eigenvalue weighted by Crippen LogP contribution is 2.35. The monoisotopic (exact) mass is 385 g/mol. The molecule has 0 unspecified atom stereocenters. The van der Waals surface area contributed by atoms with E-state index in [0.717, 1.165) is 18.7 Å². The van der Waals surface area contributed by atoms with Gasteiger partial charge in [-0.1, -0.05) is 29.8 Å². The molecule has 0 aliphatic rings. The molecule has 0 saturated heterocycles. The molecule has 0 fully saturated rings. The topological polar surface area (TPSA) is 29.1 Å². The Balaban J connectivity index is 1.80. The predicted octanol–water partition coefficient (Wildman–Crippen LogP) is 5.31. The third-order valence-electron chi connectivity index (χ3n) is 2.79. The summed E-state index contributed by atoms with van der Waals surface area (Å²) in [6.07, 6.45) is 0. The van der Waals surface area contributed by atoms with Gasteiger partial charge < -0.3 is 5.32 Å². The fraction of sp³-hybridized carbons (Fsp3) is 0.0714. The fourth-order valence-electron chi connectivity index (χ4n) is 1.85. The van der Waals surface area contributed by atoms with Crippen molar-refractivity contribution in [3.05, 3.63) is 55.0 Å². The van der Waals surface area contributed by atoms with E-state index >= 15 is 0 Å². The average Bonchev–Trinajstić information content (AvgIpc) is 3.01. The van der Waals surface area contributed by atoms with Crippen molar-refractivity contribution in [3.8, 4) is 0 Å². The number of halogens is 2. The van der Waals surface area contributed by atoms with Gasteiger partial charge in [0.2, 0.25) is 0 Å². The smallest absolute Gasteiger partial charge is 0.263 e. The molecule has 0 bridgehead atoms. The molecular weight excluding hydrogens is 378 g/mol. The summed E-state index contributed by atoms with van der Waals surface area (Å²) in [6.45, 7) is 0.514. The number of fused-ring (bicyclic) bond motifs is 1. The Morgan fingerprint density at radius 1 is 1.20 bits per heavy atom. The largest absolute Gasteiger partial charge is 0.346 e. The van der Waals surface area contributed by atoms with Crippen LogP contribution in [0.2, 0.25) is 5.02 Å². The highest BCUT2D eigenvalue weighted by Gasteiger charge is 2.16. The van der Waals surface area contributed by atoms with Crippen LogP contribution in [0.1, 0.15) is 14.5 Å². The summed E-state index contributed by atoms with van der Waals surface area (Å²) in [5.74, 6) is -0.124. The Labute approximate surface area is 137 Å². The van der Waals surface area contributed by atoms with Crippen LogP contribution in [-0.4, -0.2) is 5.91 Å². The van der Waals surface area contributed by atoms with Crippen molar-refractivity contribution in [3.63, 3.8) is 0 Å². The van der Waals surface area contributed by atoms with Crippen LogP contribution in [0.3, 0.4) is 0 Å². The predicted molar refractivity (Wildman–Crippen MR) is 90.0 cm³/mol. The first-order chi connectivity index (χ1) is 9.65. The maximum Gasteiger partial charge on any atom is 0.263 e. The van der Waals surface area contributed by atoms with Crippen LogP contribution in [0.4, 0.5) is 0 Å². The molecule has 0 saturated carbocycles. The second-order valence-electron chi connectivity index (χ2n) is 4.13. The van der Waals surface area contributed by atoms with Crippen LogP contribution < -0.4 is 5.32 Å².